The van der Waals surface area contributed by atoms with Crippen LogP contribution in [0.4, 0.5) is 5.13 Å². The highest BCUT2D eigenvalue weighted by Crippen LogP contribution is 2.41. The SMILES string of the molecule is C/C=C(\C(=O)NC1C(=O)N2C(C(=O)O)=C(COC(C)=O)CS[C@H]12)c1nc(N)sc1Cl. The second kappa shape index (κ2) is 8.66. The van der Waals surface area contributed by atoms with Gasteiger partial charge in [0.1, 0.15) is 33.7 Å². The van der Waals surface area contributed by atoms with E-state index < -0.39 is 35.2 Å². The van der Waals surface area contributed by atoms with Crippen molar-refractivity contribution in [3.8, 4) is 0 Å². The van der Waals surface area contributed by atoms with Crippen molar-refractivity contribution >= 4 is 69.2 Å². The predicted molar refractivity (Wildman–Crippen MR) is 112 cm³/mol. The number of carboxylic acids is 1. The Bertz CT molecular complexity index is 1000. The summed E-state index contributed by atoms with van der Waals surface area (Å²) in [6.07, 6.45) is 1.50. The summed E-state index contributed by atoms with van der Waals surface area (Å²) in [6, 6.07) is -0.920. The smallest absolute Gasteiger partial charge is 0.352 e. The van der Waals surface area contributed by atoms with Crippen LogP contribution in [0.25, 0.3) is 5.57 Å². The fourth-order valence-electron chi connectivity index (χ4n) is 3.06. The number of nitrogen functional groups attached to an aromatic ring is 1. The number of β-lactam (4-membered cyclic amide) rings is 1. The molecular weight excluding hydrogens is 456 g/mol. The van der Waals surface area contributed by atoms with Gasteiger partial charge < -0.3 is 20.9 Å². The quantitative estimate of drug-likeness (QED) is 0.313. The minimum absolute atomic E-state index is 0.157. The molecule has 1 saturated heterocycles. The number of nitrogens with two attached hydrogens (primary N) is 1. The Kier molecular flexibility index (Phi) is 6.38. The Morgan fingerprint density at radius 2 is 2.17 bits per heavy atom. The van der Waals surface area contributed by atoms with Crippen LogP contribution in [-0.2, 0) is 23.9 Å². The number of aromatic nitrogens is 1. The van der Waals surface area contributed by atoms with Crippen LogP contribution in [-0.4, -0.2) is 62.5 Å². The molecule has 0 saturated carbocycles. The molecule has 1 aromatic rings. The van der Waals surface area contributed by atoms with Gasteiger partial charge in [-0.3, -0.25) is 19.3 Å². The molecule has 30 heavy (non-hydrogen) atoms. The van der Waals surface area contributed by atoms with Gasteiger partial charge in [0.15, 0.2) is 5.13 Å². The zero-order chi connectivity index (χ0) is 22.2. The average molecular weight is 473 g/mol. The summed E-state index contributed by atoms with van der Waals surface area (Å²) in [6.45, 7) is 2.61. The molecule has 1 unspecified atom stereocenters. The van der Waals surface area contributed by atoms with Crippen LogP contribution in [0.15, 0.2) is 17.3 Å². The third-order valence-corrected chi connectivity index (χ3v) is 6.80. The average Bonchev–Trinajstić information content (AvgIpc) is 3.01. The first-order valence-electron chi connectivity index (χ1n) is 8.58. The van der Waals surface area contributed by atoms with E-state index in [-0.39, 0.29) is 38.8 Å². The molecule has 0 aromatic carbocycles. The molecule has 2 aliphatic heterocycles. The van der Waals surface area contributed by atoms with Crippen LogP contribution in [0, 0.1) is 0 Å². The molecule has 1 fully saturated rings. The Morgan fingerprint density at radius 1 is 1.47 bits per heavy atom. The monoisotopic (exact) mass is 472 g/mol. The number of fused-ring (bicyclic) bond motifs is 1. The summed E-state index contributed by atoms with van der Waals surface area (Å²) in [5.41, 5.74) is 6.09. The molecule has 2 amide bonds. The molecular formula is C17H17ClN4O6S2. The first-order chi connectivity index (χ1) is 14.1. The number of rotatable bonds is 6. The molecule has 0 aliphatic carbocycles. The highest BCUT2D eigenvalue weighted by atomic mass is 35.5. The minimum atomic E-state index is -1.31. The van der Waals surface area contributed by atoms with Gasteiger partial charge in [-0.05, 0) is 6.92 Å². The van der Waals surface area contributed by atoms with Gasteiger partial charge in [-0.25, -0.2) is 9.78 Å². The minimum Gasteiger partial charge on any atom is -0.477 e. The lowest BCUT2D eigenvalue weighted by Gasteiger charge is -2.49. The molecule has 13 heteroatoms. The number of hydrogen-bond donors (Lipinski definition) is 3. The molecule has 2 aliphatic rings. The van der Waals surface area contributed by atoms with Crippen LogP contribution >= 0.6 is 34.7 Å². The number of amides is 2. The van der Waals surface area contributed by atoms with E-state index in [0.29, 0.717) is 5.57 Å². The number of aliphatic carboxylic acids is 1. The van der Waals surface area contributed by atoms with Crippen molar-refractivity contribution in [1.82, 2.24) is 15.2 Å². The van der Waals surface area contributed by atoms with Gasteiger partial charge in [-0.15, -0.1) is 11.8 Å². The highest BCUT2D eigenvalue weighted by molar-refractivity contribution is 8.00. The van der Waals surface area contributed by atoms with Crippen LogP contribution in [0.3, 0.4) is 0 Å². The number of hydrogen-bond acceptors (Lipinski definition) is 9. The second-order valence-corrected chi connectivity index (χ2v) is 9.01. The summed E-state index contributed by atoms with van der Waals surface area (Å²) in [4.78, 5) is 53.3. The summed E-state index contributed by atoms with van der Waals surface area (Å²) >= 11 is 8.37. The number of halogens is 1. The van der Waals surface area contributed by atoms with E-state index in [9.17, 15) is 24.3 Å². The van der Waals surface area contributed by atoms with E-state index in [0.717, 1.165) is 16.2 Å². The summed E-state index contributed by atoms with van der Waals surface area (Å²) in [5, 5.41) is 11.8. The number of nitrogens with zero attached hydrogens (tertiary/aromatic N) is 2. The van der Waals surface area contributed by atoms with Gasteiger partial charge in [0.05, 0.1) is 5.57 Å². The van der Waals surface area contributed by atoms with Gasteiger partial charge >= 0.3 is 11.9 Å². The van der Waals surface area contributed by atoms with E-state index in [1.807, 2.05) is 0 Å². The molecule has 0 spiro atoms. The van der Waals surface area contributed by atoms with Gasteiger partial charge in [-0.2, -0.15) is 0 Å². The molecule has 10 nitrogen and oxygen atoms in total. The molecule has 0 bridgehead atoms. The highest BCUT2D eigenvalue weighted by Gasteiger charge is 2.54. The van der Waals surface area contributed by atoms with Crippen LogP contribution in [0.2, 0.25) is 4.34 Å². The number of esters is 1. The maximum absolute atomic E-state index is 12.7. The van der Waals surface area contributed by atoms with E-state index in [1.54, 1.807) is 6.92 Å². The Morgan fingerprint density at radius 3 is 2.70 bits per heavy atom. The van der Waals surface area contributed by atoms with Crippen molar-refractivity contribution in [2.24, 2.45) is 0 Å². The summed E-state index contributed by atoms with van der Waals surface area (Å²) in [5.74, 6) is -2.77. The molecule has 160 valence electrons. The zero-order valence-electron chi connectivity index (χ0n) is 15.8. The Balaban J connectivity index is 1.78. The van der Waals surface area contributed by atoms with E-state index >= 15 is 0 Å². The Labute approximate surface area is 184 Å². The topological polar surface area (TPSA) is 152 Å². The lowest BCUT2D eigenvalue weighted by Crippen LogP contribution is -2.70. The summed E-state index contributed by atoms with van der Waals surface area (Å²) < 4.78 is 5.13. The van der Waals surface area contributed by atoms with Gasteiger partial charge in [-0.1, -0.05) is 29.0 Å². The number of anilines is 1. The molecule has 1 aromatic heterocycles. The van der Waals surface area contributed by atoms with E-state index in [1.165, 1.54) is 24.8 Å². The summed E-state index contributed by atoms with van der Waals surface area (Å²) in [7, 11) is 0. The molecule has 3 rings (SSSR count). The number of allylic oxidation sites excluding steroid dienone is 1. The van der Waals surface area contributed by atoms with Crippen molar-refractivity contribution in [3.63, 3.8) is 0 Å². The predicted octanol–water partition coefficient (Wildman–Crippen LogP) is 1.08. The first-order valence-corrected chi connectivity index (χ1v) is 10.8. The number of carboxylic acid groups (broad SMARTS) is 1. The molecule has 4 N–H and O–H groups in total. The van der Waals surface area contributed by atoms with Crippen molar-refractivity contribution in [2.75, 3.05) is 18.1 Å². The fraction of sp³-hybridized carbons (Fsp3) is 0.353. The maximum atomic E-state index is 12.7. The van der Waals surface area contributed by atoms with Crippen LogP contribution in [0.5, 0.6) is 0 Å². The van der Waals surface area contributed by atoms with Crippen LogP contribution in [0.1, 0.15) is 19.5 Å². The van der Waals surface area contributed by atoms with Crippen LogP contribution < -0.4 is 11.1 Å². The normalized spacial score (nSPS) is 21.1. The lowest BCUT2D eigenvalue weighted by molar-refractivity contribution is -0.150. The number of nitrogens with one attached hydrogen (secondary N) is 1. The van der Waals surface area contributed by atoms with Crippen molar-refractivity contribution in [3.05, 3.63) is 27.4 Å². The van der Waals surface area contributed by atoms with E-state index in [2.05, 4.69) is 10.3 Å². The van der Waals surface area contributed by atoms with Gasteiger partial charge in [0, 0.05) is 18.2 Å². The zero-order valence-corrected chi connectivity index (χ0v) is 18.2. The van der Waals surface area contributed by atoms with E-state index in [4.69, 9.17) is 22.1 Å². The third-order valence-electron chi connectivity index (χ3n) is 4.38. The van der Waals surface area contributed by atoms with Crippen molar-refractivity contribution in [2.45, 2.75) is 25.3 Å². The number of carbonyl (C=O) groups is 4. The maximum Gasteiger partial charge on any atom is 0.352 e. The molecule has 2 atom stereocenters. The first kappa shape index (κ1) is 22.1. The third kappa shape index (κ3) is 4.02. The number of ether oxygens (including phenoxy) is 1. The molecule has 3 heterocycles. The second-order valence-electron chi connectivity index (χ2n) is 6.28. The largest absolute Gasteiger partial charge is 0.477 e. The molecule has 0 radical (unpaired) electrons. The van der Waals surface area contributed by atoms with Gasteiger partial charge in [0.25, 0.3) is 11.8 Å². The van der Waals surface area contributed by atoms with Crippen molar-refractivity contribution in [1.29, 1.82) is 0 Å². The van der Waals surface area contributed by atoms with Gasteiger partial charge in [0.2, 0.25) is 0 Å². The number of thioether (sulfide) groups is 1. The number of thiazole rings is 1. The van der Waals surface area contributed by atoms with Crippen molar-refractivity contribution < 1.29 is 29.0 Å². The lowest BCUT2D eigenvalue weighted by atomic mass is 10.0. The Hall–Kier alpha value is -2.57. The fourth-order valence-corrected chi connectivity index (χ4v) is 5.34. The standard InChI is InChI=1S/C17H17ClN4O6S2/c1-3-8(9-12(18)30-17(19)21-9)13(24)20-10-14(25)22-11(16(26)27)7(4-28-6(2)23)5-29-15(10)22/h3,10,15H,4-5H2,1-2H3,(H2,19,21)(H,20,24)(H,26,27)/b8-3-/t10?,15-/m1/s1. The number of carbonyl (C=O) groups excluding carboxylic acids is 3.